The summed E-state index contributed by atoms with van der Waals surface area (Å²) in [5.74, 6) is -0.282. The highest BCUT2D eigenvalue weighted by molar-refractivity contribution is 5.97. The molecular formula is C24H23FN2O3. The molecule has 154 valence electrons. The topological polar surface area (TPSA) is 53.8 Å². The highest BCUT2D eigenvalue weighted by Gasteiger charge is 2.35. The molecule has 0 unspecified atom stereocenters. The molecule has 0 radical (unpaired) electrons. The van der Waals surface area contributed by atoms with Crippen LogP contribution < -0.4 is 0 Å². The average molecular weight is 406 g/mol. The summed E-state index contributed by atoms with van der Waals surface area (Å²) in [4.78, 5) is 29.5. The number of nitrogens with zero attached hydrogens (tertiary/aromatic N) is 2. The van der Waals surface area contributed by atoms with Gasteiger partial charge in [-0.1, -0.05) is 36.4 Å². The van der Waals surface area contributed by atoms with E-state index in [0.29, 0.717) is 18.8 Å². The third-order valence-corrected chi connectivity index (χ3v) is 5.12. The molecule has 1 aliphatic carbocycles. The first-order valence-electron chi connectivity index (χ1n) is 10.0. The minimum Gasteiger partial charge on any atom is -0.467 e. The van der Waals surface area contributed by atoms with E-state index in [4.69, 9.17) is 4.42 Å². The normalized spacial score (nSPS) is 13.1. The Balaban J connectivity index is 1.52. The Morgan fingerprint density at radius 2 is 1.77 bits per heavy atom. The molecule has 2 amide bonds. The molecule has 5 nitrogen and oxygen atoms in total. The number of carbonyl (C=O) groups excluding carboxylic acids is 2. The number of carbonyl (C=O) groups is 2. The molecule has 0 spiro atoms. The highest BCUT2D eigenvalue weighted by Crippen LogP contribution is 2.28. The molecule has 1 fully saturated rings. The van der Waals surface area contributed by atoms with Gasteiger partial charge in [0.25, 0.3) is 5.91 Å². The number of rotatable bonds is 8. The van der Waals surface area contributed by atoms with Crippen LogP contribution >= 0.6 is 0 Å². The zero-order valence-corrected chi connectivity index (χ0v) is 16.5. The van der Waals surface area contributed by atoms with Crippen LogP contribution in [0.25, 0.3) is 0 Å². The molecule has 6 heteroatoms. The van der Waals surface area contributed by atoms with Crippen LogP contribution in [0, 0.1) is 5.82 Å². The summed E-state index contributed by atoms with van der Waals surface area (Å²) < 4.78 is 19.0. The van der Waals surface area contributed by atoms with E-state index in [9.17, 15) is 14.0 Å². The fourth-order valence-corrected chi connectivity index (χ4v) is 3.41. The van der Waals surface area contributed by atoms with Gasteiger partial charge < -0.3 is 14.2 Å². The van der Waals surface area contributed by atoms with Crippen LogP contribution in [0.4, 0.5) is 4.39 Å². The Kier molecular flexibility index (Phi) is 5.93. The zero-order chi connectivity index (χ0) is 20.9. The van der Waals surface area contributed by atoms with Crippen LogP contribution in [-0.4, -0.2) is 34.2 Å². The SMILES string of the molecule is O=C(CN(C(=O)c1cccc(F)c1)C1CC1)N(Cc1ccccc1)Cc1ccco1. The number of halogens is 1. The van der Waals surface area contributed by atoms with Crippen molar-refractivity contribution in [2.45, 2.75) is 32.0 Å². The standard InChI is InChI=1S/C24H23FN2O3/c25-20-9-4-8-19(14-20)24(29)27(21-11-12-21)17-23(28)26(16-22-10-5-13-30-22)15-18-6-2-1-3-7-18/h1-10,13-14,21H,11-12,15-17H2. The fraction of sp³-hybridized carbons (Fsp3) is 0.250. The summed E-state index contributed by atoms with van der Waals surface area (Å²) in [5, 5.41) is 0. The maximum absolute atomic E-state index is 13.6. The van der Waals surface area contributed by atoms with Gasteiger partial charge in [0.05, 0.1) is 12.8 Å². The molecule has 0 saturated heterocycles. The second-order valence-electron chi connectivity index (χ2n) is 7.49. The zero-order valence-electron chi connectivity index (χ0n) is 16.5. The van der Waals surface area contributed by atoms with E-state index >= 15 is 0 Å². The van der Waals surface area contributed by atoms with Crippen molar-refractivity contribution in [3.63, 3.8) is 0 Å². The van der Waals surface area contributed by atoms with Crippen molar-refractivity contribution in [3.8, 4) is 0 Å². The van der Waals surface area contributed by atoms with Gasteiger partial charge in [0.2, 0.25) is 5.91 Å². The summed E-state index contributed by atoms with van der Waals surface area (Å²) in [6.07, 6.45) is 3.28. The van der Waals surface area contributed by atoms with E-state index < -0.39 is 5.82 Å². The number of benzene rings is 2. The first-order valence-corrected chi connectivity index (χ1v) is 10.0. The smallest absolute Gasteiger partial charge is 0.254 e. The van der Waals surface area contributed by atoms with Crippen LogP contribution in [-0.2, 0) is 17.9 Å². The van der Waals surface area contributed by atoms with Gasteiger partial charge in [-0.25, -0.2) is 4.39 Å². The van der Waals surface area contributed by atoms with Gasteiger partial charge in [0.1, 0.15) is 18.1 Å². The molecule has 1 saturated carbocycles. The average Bonchev–Trinajstić information content (AvgIpc) is 3.47. The van der Waals surface area contributed by atoms with Crippen molar-refractivity contribution in [1.82, 2.24) is 9.80 Å². The second-order valence-corrected chi connectivity index (χ2v) is 7.49. The molecule has 0 N–H and O–H groups in total. The lowest BCUT2D eigenvalue weighted by molar-refractivity contribution is -0.133. The predicted octanol–water partition coefficient (Wildman–Crippen LogP) is 4.25. The first-order chi connectivity index (χ1) is 14.6. The van der Waals surface area contributed by atoms with Crippen molar-refractivity contribution in [1.29, 1.82) is 0 Å². The van der Waals surface area contributed by atoms with Crippen molar-refractivity contribution < 1.29 is 18.4 Å². The monoisotopic (exact) mass is 406 g/mol. The molecule has 2 aromatic carbocycles. The molecule has 0 aliphatic heterocycles. The van der Waals surface area contributed by atoms with E-state index in [2.05, 4.69) is 0 Å². The Bertz CT molecular complexity index is 1000. The minimum atomic E-state index is -0.466. The highest BCUT2D eigenvalue weighted by atomic mass is 19.1. The van der Waals surface area contributed by atoms with Gasteiger partial charge in [-0.15, -0.1) is 0 Å². The van der Waals surface area contributed by atoms with Crippen molar-refractivity contribution in [2.24, 2.45) is 0 Å². The molecule has 3 aromatic rings. The molecular weight excluding hydrogens is 383 g/mol. The van der Waals surface area contributed by atoms with Gasteiger partial charge in [0.15, 0.2) is 0 Å². The van der Waals surface area contributed by atoms with Gasteiger partial charge in [0, 0.05) is 18.2 Å². The predicted molar refractivity (Wildman–Crippen MR) is 110 cm³/mol. The first kappa shape index (κ1) is 19.9. The quantitative estimate of drug-likeness (QED) is 0.562. The van der Waals surface area contributed by atoms with Gasteiger partial charge in [-0.05, 0) is 48.7 Å². The van der Waals surface area contributed by atoms with Crippen molar-refractivity contribution >= 4 is 11.8 Å². The number of hydrogen-bond donors (Lipinski definition) is 0. The summed E-state index contributed by atoms with van der Waals surface area (Å²) in [6.45, 7) is 0.675. The molecule has 0 atom stereocenters. The largest absolute Gasteiger partial charge is 0.467 e. The molecule has 0 bridgehead atoms. The molecule has 30 heavy (non-hydrogen) atoms. The van der Waals surface area contributed by atoms with Crippen LogP contribution in [0.2, 0.25) is 0 Å². The summed E-state index contributed by atoms with van der Waals surface area (Å²) >= 11 is 0. The van der Waals surface area contributed by atoms with Crippen LogP contribution in [0.1, 0.15) is 34.5 Å². The lowest BCUT2D eigenvalue weighted by Crippen LogP contribution is -2.43. The van der Waals surface area contributed by atoms with Gasteiger partial charge >= 0.3 is 0 Å². The maximum Gasteiger partial charge on any atom is 0.254 e. The second kappa shape index (κ2) is 8.95. The van der Waals surface area contributed by atoms with Gasteiger partial charge in [-0.2, -0.15) is 0 Å². The fourth-order valence-electron chi connectivity index (χ4n) is 3.41. The Morgan fingerprint density at radius 1 is 0.967 bits per heavy atom. The lowest BCUT2D eigenvalue weighted by Gasteiger charge is -2.27. The van der Waals surface area contributed by atoms with E-state index in [1.807, 2.05) is 36.4 Å². The lowest BCUT2D eigenvalue weighted by atomic mass is 10.1. The molecule has 1 aliphatic rings. The summed E-state index contributed by atoms with van der Waals surface area (Å²) in [6, 6.07) is 18.9. The van der Waals surface area contributed by atoms with E-state index in [1.165, 1.54) is 18.2 Å². The Morgan fingerprint density at radius 3 is 2.43 bits per heavy atom. The van der Waals surface area contributed by atoms with E-state index in [1.54, 1.807) is 28.2 Å². The minimum absolute atomic E-state index is 0.0203. The summed E-state index contributed by atoms with van der Waals surface area (Å²) in [7, 11) is 0. The number of furan rings is 1. The van der Waals surface area contributed by atoms with Crippen LogP contribution in [0.15, 0.2) is 77.4 Å². The van der Waals surface area contributed by atoms with Crippen LogP contribution in [0.5, 0.6) is 0 Å². The number of hydrogen-bond acceptors (Lipinski definition) is 3. The van der Waals surface area contributed by atoms with Crippen molar-refractivity contribution in [2.75, 3.05) is 6.54 Å². The Labute approximate surface area is 174 Å². The van der Waals surface area contributed by atoms with Crippen molar-refractivity contribution in [3.05, 3.63) is 95.7 Å². The van der Waals surface area contributed by atoms with E-state index in [0.717, 1.165) is 18.4 Å². The maximum atomic E-state index is 13.6. The third-order valence-electron chi connectivity index (χ3n) is 5.12. The molecule has 1 heterocycles. The van der Waals surface area contributed by atoms with Gasteiger partial charge in [-0.3, -0.25) is 9.59 Å². The number of amides is 2. The third kappa shape index (κ3) is 4.95. The summed E-state index contributed by atoms with van der Waals surface area (Å²) in [5.41, 5.74) is 1.25. The van der Waals surface area contributed by atoms with Crippen LogP contribution in [0.3, 0.4) is 0 Å². The molecule has 1 aromatic heterocycles. The van der Waals surface area contributed by atoms with E-state index in [-0.39, 0.29) is 30.0 Å². The molecule has 4 rings (SSSR count). The Hall–Kier alpha value is -3.41.